The lowest BCUT2D eigenvalue weighted by atomic mass is 9.99. The average molecular weight is 344 g/mol. The highest BCUT2D eigenvalue weighted by molar-refractivity contribution is 9.10. The molecule has 3 nitrogen and oxygen atoms in total. The first-order valence-corrected chi connectivity index (χ1v) is 7.34. The van der Waals surface area contributed by atoms with Crippen molar-refractivity contribution in [2.24, 2.45) is 0 Å². The van der Waals surface area contributed by atoms with Crippen molar-refractivity contribution in [3.05, 3.63) is 70.3 Å². The van der Waals surface area contributed by atoms with Gasteiger partial charge in [0.2, 0.25) is 0 Å². The summed E-state index contributed by atoms with van der Waals surface area (Å²) in [5.74, 6) is 0.656. The van der Waals surface area contributed by atoms with Gasteiger partial charge in [-0.25, -0.2) is 0 Å². The Morgan fingerprint density at radius 1 is 1.14 bits per heavy atom. The number of ether oxygens (including phenoxy) is 1. The number of rotatable bonds is 3. The lowest BCUT2D eigenvalue weighted by Crippen LogP contribution is -2.02. The molecule has 4 heteroatoms. The van der Waals surface area contributed by atoms with Gasteiger partial charge < -0.3 is 9.84 Å². The van der Waals surface area contributed by atoms with Crippen molar-refractivity contribution in [1.82, 2.24) is 4.98 Å². The molecule has 3 aromatic rings. The van der Waals surface area contributed by atoms with Gasteiger partial charge in [-0.3, -0.25) is 4.98 Å². The van der Waals surface area contributed by atoms with Crippen molar-refractivity contribution in [2.75, 3.05) is 7.11 Å². The number of nitrogens with zero attached hydrogens (tertiary/aromatic N) is 1. The molecule has 1 atom stereocenters. The molecule has 0 spiro atoms. The van der Waals surface area contributed by atoms with Crippen molar-refractivity contribution in [3.63, 3.8) is 0 Å². The summed E-state index contributed by atoms with van der Waals surface area (Å²) < 4.78 is 6.27. The molecule has 1 unspecified atom stereocenters. The van der Waals surface area contributed by atoms with Crippen molar-refractivity contribution in [1.29, 1.82) is 0 Å². The Bertz CT molecular complexity index is 789. The van der Waals surface area contributed by atoms with Crippen LogP contribution in [0.15, 0.2) is 59.2 Å². The third-order valence-electron chi connectivity index (χ3n) is 3.43. The standard InChI is InChI=1S/C17H14BrNO2/c1-21-16-10-13(18)5-6-14(16)17(20)12-4-7-15-11(9-12)3-2-8-19-15/h2-10,17,20H,1H3. The van der Waals surface area contributed by atoms with Crippen molar-refractivity contribution >= 4 is 26.8 Å². The van der Waals surface area contributed by atoms with Crippen LogP contribution in [-0.4, -0.2) is 17.2 Å². The second-order valence-electron chi connectivity index (χ2n) is 4.74. The first kappa shape index (κ1) is 14.0. The molecule has 21 heavy (non-hydrogen) atoms. The minimum Gasteiger partial charge on any atom is -0.496 e. The predicted molar refractivity (Wildman–Crippen MR) is 86.5 cm³/mol. The normalized spacial score (nSPS) is 12.3. The van der Waals surface area contributed by atoms with Gasteiger partial charge in [0.05, 0.1) is 12.6 Å². The molecule has 3 rings (SSSR count). The first-order chi connectivity index (χ1) is 10.2. The van der Waals surface area contributed by atoms with Crippen LogP contribution < -0.4 is 4.74 Å². The maximum atomic E-state index is 10.6. The van der Waals surface area contributed by atoms with Crippen LogP contribution in [0.1, 0.15) is 17.2 Å². The Morgan fingerprint density at radius 2 is 2.00 bits per heavy atom. The van der Waals surface area contributed by atoms with Crippen molar-refractivity contribution in [2.45, 2.75) is 6.10 Å². The molecule has 0 bridgehead atoms. The number of methoxy groups -OCH3 is 1. The number of hydrogen-bond donors (Lipinski definition) is 1. The van der Waals surface area contributed by atoms with E-state index < -0.39 is 6.10 Å². The van der Waals surface area contributed by atoms with Crippen molar-refractivity contribution < 1.29 is 9.84 Å². The third-order valence-corrected chi connectivity index (χ3v) is 3.93. The fourth-order valence-electron chi connectivity index (χ4n) is 2.35. The van der Waals surface area contributed by atoms with Crippen LogP contribution in [0.4, 0.5) is 0 Å². The molecule has 0 radical (unpaired) electrons. The Morgan fingerprint density at radius 3 is 2.81 bits per heavy atom. The number of halogens is 1. The van der Waals surface area contributed by atoms with E-state index in [9.17, 15) is 5.11 Å². The number of fused-ring (bicyclic) bond motifs is 1. The molecular weight excluding hydrogens is 330 g/mol. The molecule has 0 aliphatic heterocycles. The highest BCUT2D eigenvalue weighted by Crippen LogP contribution is 2.33. The van der Waals surface area contributed by atoms with Crippen LogP contribution in [0.3, 0.4) is 0 Å². The lowest BCUT2D eigenvalue weighted by molar-refractivity contribution is 0.215. The number of aromatic nitrogens is 1. The summed E-state index contributed by atoms with van der Waals surface area (Å²) in [7, 11) is 1.60. The smallest absolute Gasteiger partial charge is 0.126 e. The number of benzene rings is 2. The summed E-state index contributed by atoms with van der Waals surface area (Å²) in [6.07, 6.45) is 1.02. The summed E-state index contributed by atoms with van der Waals surface area (Å²) in [6.45, 7) is 0. The molecule has 1 aromatic heterocycles. The van der Waals surface area contributed by atoms with E-state index in [0.29, 0.717) is 5.75 Å². The highest BCUT2D eigenvalue weighted by Gasteiger charge is 2.16. The Kier molecular flexibility index (Phi) is 3.90. The molecule has 0 aliphatic carbocycles. The molecule has 0 saturated carbocycles. The second kappa shape index (κ2) is 5.84. The van der Waals surface area contributed by atoms with Gasteiger partial charge >= 0.3 is 0 Å². The zero-order chi connectivity index (χ0) is 14.8. The molecule has 2 aromatic carbocycles. The van der Waals surface area contributed by atoms with E-state index in [1.165, 1.54) is 0 Å². The van der Waals surface area contributed by atoms with Crippen LogP contribution in [0.25, 0.3) is 10.9 Å². The van der Waals surface area contributed by atoms with Crippen LogP contribution >= 0.6 is 15.9 Å². The quantitative estimate of drug-likeness (QED) is 0.778. The van der Waals surface area contributed by atoms with E-state index >= 15 is 0 Å². The molecule has 0 aliphatic rings. The van der Waals surface area contributed by atoms with Gasteiger partial charge in [-0.2, -0.15) is 0 Å². The zero-order valence-electron chi connectivity index (χ0n) is 11.5. The van der Waals surface area contributed by atoms with E-state index in [2.05, 4.69) is 20.9 Å². The van der Waals surface area contributed by atoms with E-state index in [1.807, 2.05) is 48.5 Å². The molecule has 0 saturated heterocycles. The summed E-state index contributed by atoms with van der Waals surface area (Å²) in [5, 5.41) is 11.6. The topological polar surface area (TPSA) is 42.4 Å². The van der Waals surface area contributed by atoms with Crippen LogP contribution in [0.2, 0.25) is 0 Å². The van der Waals surface area contributed by atoms with Gasteiger partial charge in [0.15, 0.2) is 0 Å². The predicted octanol–water partition coefficient (Wildman–Crippen LogP) is 4.09. The fraction of sp³-hybridized carbons (Fsp3) is 0.118. The number of pyridine rings is 1. The summed E-state index contributed by atoms with van der Waals surface area (Å²) in [6, 6.07) is 15.2. The average Bonchev–Trinajstić information content (AvgIpc) is 2.53. The van der Waals surface area contributed by atoms with E-state index in [0.717, 1.165) is 26.5 Å². The van der Waals surface area contributed by atoms with Gasteiger partial charge in [-0.1, -0.05) is 34.1 Å². The highest BCUT2D eigenvalue weighted by atomic mass is 79.9. The van der Waals surface area contributed by atoms with Crippen LogP contribution in [0.5, 0.6) is 5.75 Å². The van der Waals surface area contributed by atoms with E-state index in [4.69, 9.17) is 4.74 Å². The largest absolute Gasteiger partial charge is 0.496 e. The Balaban J connectivity index is 2.05. The summed E-state index contributed by atoms with van der Waals surface area (Å²) >= 11 is 3.41. The number of hydrogen-bond acceptors (Lipinski definition) is 3. The lowest BCUT2D eigenvalue weighted by Gasteiger charge is -2.16. The fourth-order valence-corrected chi connectivity index (χ4v) is 2.69. The maximum absolute atomic E-state index is 10.6. The summed E-state index contributed by atoms with van der Waals surface area (Å²) in [5.41, 5.74) is 2.47. The second-order valence-corrected chi connectivity index (χ2v) is 5.66. The molecule has 106 valence electrons. The molecule has 0 amide bonds. The van der Waals surface area contributed by atoms with Crippen LogP contribution in [0, 0.1) is 0 Å². The first-order valence-electron chi connectivity index (χ1n) is 6.55. The SMILES string of the molecule is COc1cc(Br)ccc1C(O)c1ccc2ncccc2c1. The van der Waals surface area contributed by atoms with Crippen LogP contribution in [-0.2, 0) is 0 Å². The van der Waals surface area contributed by atoms with Gasteiger partial charge in [0, 0.05) is 21.6 Å². The third kappa shape index (κ3) is 2.77. The Labute approximate surface area is 131 Å². The van der Waals surface area contributed by atoms with E-state index in [-0.39, 0.29) is 0 Å². The molecule has 1 heterocycles. The Hall–Kier alpha value is -1.91. The monoisotopic (exact) mass is 343 g/mol. The van der Waals surface area contributed by atoms with Gasteiger partial charge in [0.25, 0.3) is 0 Å². The van der Waals surface area contributed by atoms with Gasteiger partial charge in [0.1, 0.15) is 11.9 Å². The van der Waals surface area contributed by atoms with Gasteiger partial charge in [-0.05, 0) is 35.9 Å². The zero-order valence-corrected chi connectivity index (χ0v) is 13.0. The molecule has 1 N–H and O–H groups in total. The molecule has 0 fully saturated rings. The minimum absolute atomic E-state index is 0.656. The number of aliphatic hydroxyl groups excluding tert-OH is 1. The maximum Gasteiger partial charge on any atom is 0.126 e. The minimum atomic E-state index is -0.738. The van der Waals surface area contributed by atoms with E-state index in [1.54, 1.807) is 13.3 Å². The van der Waals surface area contributed by atoms with Crippen molar-refractivity contribution in [3.8, 4) is 5.75 Å². The summed E-state index contributed by atoms with van der Waals surface area (Å²) in [4.78, 5) is 4.29. The van der Waals surface area contributed by atoms with Gasteiger partial charge in [-0.15, -0.1) is 0 Å². The molecular formula is C17H14BrNO2. The number of aliphatic hydroxyl groups is 1.